The van der Waals surface area contributed by atoms with E-state index in [-0.39, 0.29) is 5.89 Å². The predicted molar refractivity (Wildman–Crippen MR) is 90.0 cm³/mol. The summed E-state index contributed by atoms with van der Waals surface area (Å²) in [5.41, 5.74) is 2.88. The summed E-state index contributed by atoms with van der Waals surface area (Å²) in [5.74, 6) is 0.810. The van der Waals surface area contributed by atoms with Gasteiger partial charge in [-0.1, -0.05) is 35.5 Å². The summed E-state index contributed by atoms with van der Waals surface area (Å²) in [6.07, 6.45) is 5.37. The summed E-state index contributed by atoms with van der Waals surface area (Å²) in [4.78, 5) is 8.98. The third kappa shape index (κ3) is 2.42. The van der Waals surface area contributed by atoms with Crippen molar-refractivity contribution in [1.82, 2.24) is 19.5 Å². The van der Waals surface area contributed by atoms with Crippen LogP contribution in [0.2, 0.25) is 0 Å². The maximum Gasteiger partial charge on any atom is 0.259 e. The zero-order valence-corrected chi connectivity index (χ0v) is 13.5. The maximum atomic E-state index is 11.0. The molecule has 6 heteroatoms. The quantitative estimate of drug-likeness (QED) is 0.623. The molecule has 0 bridgehead atoms. The van der Waals surface area contributed by atoms with Crippen LogP contribution in [-0.4, -0.2) is 24.6 Å². The summed E-state index contributed by atoms with van der Waals surface area (Å²) in [7, 11) is 0. The topological polar surface area (TPSA) is 76.5 Å². The highest BCUT2D eigenvalue weighted by atomic mass is 16.5. The van der Waals surface area contributed by atoms with E-state index >= 15 is 0 Å². The van der Waals surface area contributed by atoms with Crippen molar-refractivity contribution in [2.45, 2.75) is 24.9 Å². The molecule has 0 atom stereocenters. The van der Waals surface area contributed by atoms with E-state index < -0.39 is 5.60 Å². The second-order valence-corrected chi connectivity index (χ2v) is 6.54. The standard InChI is InChI=1S/C19H16N4O2/c24-19(10-13-5-1-2-6-14(13)11-19)18-21-16(22-25-18)9-15-12-23-8-4-3-7-17(23)20-15/h1-8,12,24H,9-11H2. The Morgan fingerprint density at radius 3 is 2.56 bits per heavy atom. The van der Waals surface area contributed by atoms with Gasteiger partial charge < -0.3 is 14.0 Å². The molecule has 5 rings (SSSR count). The first-order valence-corrected chi connectivity index (χ1v) is 8.24. The van der Waals surface area contributed by atoms with Crippen molar-refractivity contribution >= 4 is 5.65 Å². The minimum absolute atomic E-state index is 0.280. The number of pyridine rings is 1. The van der Waals surface area contributed by atoms with Gasteiger partial charge >= 0.3 is 0 Å². The zero-order chi connectivity index (χ0) is 16.9. The molecule has 0 aliphatic heterocycles. The lowest BCUT2D eigenvalue weighted by Crippen LogP contribution is -2.26. The second kappa shape index (κ2) is 5.26. The van der Waals surface area contributed by atoms with E-state index in [1.807, 2.05) is 59.3 Å². The lowest BCUT2D eigenvalue weighted by molar-refractivity contribution is 0.0145. The van der Waals surface area contributed by atoms with Gasteiger partial charge in [0.1, 0.15) is 5.65 Å². The van der Waals surface area contributed by atoms with Crippen LogP contribution in [0, 0.1) is 0 Å². The van der Waals surface area contributed by atoms with Gasteiger partial charge in [-0.25, -0.2) is 4.98 Å². The predicted octanol–water partition coefficient (Wildman–Crippen LogP) is 2.29. The SMILES string of the molecule is OC1(c2nc(Cc3cn4ccccc4n3)no2)Cc2ccccc2C1. The second-order valence-electron chi connectivity index (χ2n) is 6.54. The lowest BCUT2D eigenvalue weighted by Gasteiger charge is -2.16. The number of hydrogen-bond acceptors (Lipinski definition) is 5. The molecule has 4 aromatic rings. The third-order valence-corrected chi connectivity index (χ3v) is 4.70. The largest absolute Gasteiger partial charge is 0.379 e. The first-order chi connectivity index (χ1) is 12.2. The van der Waals surface area contributed by atoms with Gasteiger partial charge in [-0.05, 0) is 23.3 Å². The first-order valence-electron chi connectivity index (χ1n) is 8.24. The van der Waals surface area contributed by atoms with Crippen molar-refractivity contribution in [2.75, 3.05) is 0 Å². The number of aromatic nitrogens is 4. The molecule has 124 valence electrons. The zero-order valence-electron chi connectivity index (χ0n) is 13.5. The lowest BCUT2D eigenvalue weighted by atomic mass is 10.0. The van der Waals surface area contributed by atoms with Gasteiger partial charge in [-0.2, -0.15) is 4.98 Å². The summed E-state index contributed by atoms with van der Waals surface area (Å²) in [6, 6.07) is 13.9. The molecule has 3 aromatic heterocycles. The molecule has 0 radical (unpaired) electrons. The van der Waals surface area contributed by atoms with Crippen molar-refractivity contribution < 1.29 is 9.63 Å². The molecule has 0 amide bonds. The van der Waals surface area contributed by atoms with Crippen molar-refractivity contribution in [2.24, 2.45) is 0 Å². The number of hydrogen-bond donors (Lipinski definition) is 1. The Kier molecular flexibility index (Phi) is 3.02. The Hall–Kier alpha value is -2.99. The van der Waals surface area contributed by atoms with Gasteiger partial charge in [0.05, 0.1) is 12.1 Å². The minimum atomic E-state index is -1.12. The number of rotatable bonds is 3. The Balaban J connectivity index is 1.40. The van der Waals surface area contributed by atoms with Crippen molar-refractivity contribution in [1.29, 1.82) is 0 Å². The number of benzene rings is 1. The van der Waals surface area contributed by atoms with Gasteiger partial charge in [0.25, 0.3) is 5.89 Å². The average Bonchev–Trinajstić information content (AvgIpc) is 3.30. The van der Waals surface area contributed by atoms with Crippen molar-refractivity contribution in [3.05, 3.63) is 83.4 Å². The normalized spacial score (nSPS) is 15.6. The Bertz CT molecular complexity index is 1010. The Morgan fingerprint density at radius 2 is 1.80 bits per heavy atom. The molecule has 1 aromatic carbocycles. The fourth-order valence-electron chi connectivity index (χ4n) is 3.50. The molecule has 0 unspecified atom stereocenters. The smallest absolute Gasteiger partial charge is 0.259 e. The molecule has 25 heavy (non-hydrogen) atoms. The number of fused-ring (bicyclic) bond motifs is 2. The summed E-state index contributed by atoms with van der Waals surface area (Å²) in [6.45, 7) is 0. The van der Waals surface area contributed by atoms with E-state index in [9.17, 15) is 5.11 Å². The van der Waals surface area contributed by atoms with Gasteiger partial charge in [0.2, 0.25) is 0 Å². The molecule has 1 aliphatic rings. The Morgan fingerprint density at radius 1 is 1.04 bits per heavy atom. The third-order valence-electron chi connectivity index (χ3n) is 4.70. The van der Waals surface area contributed by atoms with Crippen LogP contribution in [0.25, 0.3) is 5.65 Å². The molecule has 3 heterocycles. The van der Waals surface area contributed by atoms with Crippen LogP contribution in [0.5, 0.6) is 0 Å². The van der Waals surface area contributed by atoms with Crippen LogP contribution >= 0.6 is 0 Å². The fourth-order valence-corrected chi connectivity index (χ4v) is 3.50. The monoisotopic (exact) mass is 332 g/mol. The first kappa shape index (κ1) is 14.4. The highest BCUT2D eigenvalue weighted by Crippen LogP contribution is 2.36. The van der Waals surface area contributed by atoms with Gasteiger partial charge in [-0.15, -0.1) is 0 Å². The molecular weight excluding hydrogens is 316 g/mol. The van der Waals surface area contributed by atoms with E-state index in [1.165, 1.54) is 0 Å². The van der Waals surface area contributed by atoms with Crippen LogP contribution in [0.15, 0.2) is 59.4 Å². The van der Waals surface area contributed by atoms with E-state index in [4.69, 9.17) is 4.52 Å². The van der Waals surface area contributed by atoms with Crippen LogP contribution in [0.3, 0.4) is 0 Å². The maximum absolute atomic E-state index is 11.0. The van der Waals surface area contributed by atoms with Gasteiger partial charge in [0.15, 0.2) is 11.4 Å². The van der Waals surface area contributed by atoms with E-state index in [0.717, 1.165) is 22.5 Å². The minimum Gasteiger partial charge on any atom is -0.379 e. The summed E-state index contributed by atoms with van der Waals surface area (Å²) >= 11 is 0. The van der Waals surface area contributed by atoms with Crippen LogP contribution in [0.4, 0.5) is 0 Å². The molecule has 6 nitrogen and oxygen atoms in total. The fraction of sp³-hybridized carbons (Fsp3) is 0.211. The van der Waals surface area contributed by atoms with E-state index in [2.05, 4.69) is 15.1 Å². The molecule has 1 aliphatic carbocycles. The van der Waals surface area contributed by atoms with Crippen LogP contribution in [0.1, 0.15) is 28.5 Å². The van der Waals surface area contributed by atoms with Gasteiger partial charge in [-0.3, -0.25) is 0 Å². The summed E-state index contributed by atoms with van der Waals surface area (Å²) < 4.78 is 7.34. The highest BCUT2D eigenvalue weighted by Gasteiger charge is 2.41. The van der Waals surface area contributed by atoms with Gasteiger partial charge in [0, 0.05) is 25.2 Å². The molecule has 0 spiro atoms. The van der Waals surface area contributed by atoms with Crippen molar-refractivity contribution in [3.8, 4) is 0 Å². The van der Waals surface area contributed by atoms with Crippen LogP contribution in [-0.2, 0) is 24.9 Å². The Labute approximate surface area is 143 Å². The molecule has 0 fully saturated rings. The average molecular weight is 332 g/mol. The molecule has 0 saturated carbocycles. The number of nitrogens with zero attached hydrogens (tertiary/aromatic N) is 4. The number of imidazole rings is 1. The molecule has 0 saturated heterocycles. The van der Waals surface area contributed by atoms with E-state index in [1.54, 1.807) is 0 Å². The van der Waals surface area contributed by atoms with Crippen molar-refractivity contribution in [3.63, 3.8) is 0 Å². The van der Waals surface area contributed by atoms with E-state index in [0.29, 0.717) is 25.1 Å². The highest BCUT2D eigenvalue weighted by molar-refractivity contribution is 5.40. The van der Waals surface area contributed by atoms with Crippen LogP contribution < -0.4 is 0 Å². The molecule has 1 N–H and O–H groups in total. The summed E-state index contributed by atoms with van der Waals surface area (Å²) in [5, 5.41) is 15.0. The number of aliphatic hydroxyl groups is 1. The molecular formula is C19H16N4O2.